The summed E-state index contributed by atoms with van der Waals surface area (Å²) in [5.41, 5.74) is 5.02. The molecule has 0 spiro atoms. The number of hydrogen-bond acceptors (Lipinski definition) is 7. The zero-order chi connectivity index (χ0) is 25.8. The van der Waals surface area contributed by atoms with Crippen LogP contribution in [0, 0.1) is 12.8 Å². The summed E-state index contributed by atoms with van der Waals surface area (Å²) in [6.07, 6.45) is 6.71. The first-order valence-electron chi connectivity index (χ1n) is 12.9. The average molecular weight is 519 g/mol. The van der Waals surface area contributed by atoms with Gasteiger partial charge in [0, 0.05) is 56.7 Å². The van der Waals surface area contributed by atoms with Crippen LogP contribution in [0.25, 0.3) is 0 Å². The van der Waals surface area contributed by atoms with Crippen molar-refractivity contribution in [3.05, 3.63) is 71.3 Å². The van der Waals surface area contributed by atoms with Gasteiger partial charge in [-0.3, -0.25) is 14.8 Å². The monoisotopic (exact) mass is 518 g/mol. The molecule has 37 heavy (non-hydrogen) atoms. The van der Waals surface area contributed by atoms with Crippen molar-refractivity contribution in [1.29, 1.82) is 0 Å². The number of ether oxygens (including phenoxy) is 2. The highest BCUT2D eigenvalue weighted by molar-refractivity contribution is 8.00. The fourth-order valence-electron chi connectivity index (χ4n) is 4.53. The molecule has 1 saturated carbocycles. The molecular formula is C29H34N4O3S. The number of carbonyl (C=O) groups excluding carboxylic acids is 1. The SMILES string of the molecule is COCCNCc1ccc(C2Sc3c(Oc4ccc(NC(=O)CC5CC5)cc4C)ccnc3C2C)nc1. The Hall–Kier alpha value is -2.94. The van der Waals surface area contributed by atoms with Crippen molar-refractivity contribution in [2.24, 2.45) is 5.92 Å². The molecular weight excluding hydrogens is 484 g/mol. The first-order chi connectivity index (χ1) is 18.0. The van der Waals surface area contributed by atoms with Crippen molar-refractivity contribution in [2.75, 3.05) is 25.6 Å². The van der Waals surface area contributed by atoms with Gasteiger partial charge in [0.1, 0.15) is 11.5 Å². The Kier molecular flexibility index (Phi) is 8.08. The lowest BCUT2D eigenvalue weighted by Gasteiger charge is -2.14. The predicted octanol–water partition coefficient (Wildman–Crippen LogP) is 6.00. The summed E-state index contributed by atoms with van der Waals surface area (Å²) in [6, 6.07) is 12.0. The van der Waals surface area contributed by atoms with E-state index in [1.165, 1.54) is 12.8 Å². The van der Waals surface area contributed by atoms with E-state index in [9.17, 15) is 4.79 Å². The molecule has 1 fully saturated rings. The predicted molar refractivity (Wildman–Crippen MR) is 146 cm³/mol. The molecule has 2 aromatic heterocycles. The van der Waals surface area contributed by atoms with Crippen molar-refractivity contribution < 1.29 is 14.3 Å². The van der Waals surface area contributed by atoms with Crippen LogP contribution in [0.3, 0.4) is 0 Å². The largest absolute Gasteiger partial charge is 0.456 e. The third-order valence-corrected chi connectivity index (χ3v) is 8.38. The van der Waals surface area contributed by atoms with Gasteiger partial charge in [0.15, 0.2) is 0 Å². The maximum Gasteiger partial charge on any atom is 0.224 e. The van der Waals surface area contributed by atoms with Gasteiger partial charge in [0.2, 0.25) is 5.91 Å². The molecule has 2 N–H and O–H groups in total. The number of nitrogens with zero attached hydrogens (tertiary/aromatic N) is 2. The first kappa shape index (κ1) is 25.7. The Balaban J connectivity index is 1.26. The third-order valence-electron chi connectivity index (χ3n) is 6.83. The summed E-state index contributed by atoms with van der Waals surface area (Å²) < 4.78 is 11.5. The highest BCUT2D eigenvalue weighted by Gasteiger charge is 2.35. The molecule has 8 heteroatoms. The molecule has 5 rings (SSSR count). The van der Waals surface area contributed by atoms with Crippen molar-refractivity contribution in [3.63, 3.8) is 0 Å². The molecule has 2 atom stereocenters. The molecule has 3 heterocycles. The maximum absolute atomic E-state index is 12.2. The Morgan fingerprint density at radius 3 is 2.73 bits per heavy atom. The van der Waals surface area contributed by atoms with Gasteiger partial charge in [0.25, 0.3) is 0 Å². The highest BCUT2D eigenvalue weighted by Crippen LogP contribution is 2.56. The number of thioether (sulfide) groups is 1. The van der Waals surface area contributed by atoms with E-state index in [0.29, 0.717) is 18.9 Å². The zero-order valence-electron chi connectivity index (χ0n) is 21.6. The van der Waals surface area contributed by atoms with Crippen molar-refractivity contribution in [2.45, 2.75) is 55.7 Å². The molecule has 1 aliphatic carbocycles. The quantitative estimate of drug-likeness (QED) is 0.301. The molecule has 1 aromatic carbocycles. The molecule has 2 unspecified atom stereocenters. The number of aromatic nitrogens is 2. The van der Waals surface area contributed by atoms with E-state index in [2.05, 4.69) is 29.7 Å². The van der Waals surface area contributed by atoms with Gasteiger partial charge in [-0.05, 0) is 61.1 Å². The second kappa shape index (κ2) is 11.6. The minimum absolute atomic E-state index is 0.0861. The van der Waals surface area contributed by atoms with Crippen LogP contribution in [0.4, 0.5) is 5.69 Å². The number of hydrogen-bond donors (Lipinski definition) is 2. The van der Waals surface area contributed by atoms with Crippen molar-refractivity contribution in [1.82, 2.24) is 15.3 Å². The highest BCUT2D eigenvalue weighted by atomic mass is 32.2. The Bertz CT molecular complexity index is 1250. The number of fused-ring (bicyclic) bond motifs is 1. The average Bonchev–Trinajstić information content (AvgIpc) is 3.64. The topological polar surface area (TPSA) is 85.4 Å². The van der Waals surface area contributed by atoms with Gasteiger partial charge in [0.05, 0.1) is 28.1 Å². The lowest BCUT2D eigenvalue weighted by Crippen LogP contribution is -2.18. The minimum Gasteiger partial charge on any atom is -0.456 e. The standard InChI is InChI=1S/C29H34N4O3S/c1-18-14-22(33-26(34)15-20-4-5-20)7-9-24(18)36-25-10-11-31-27-19(2)28(37-29(25)27)23-8-6-21(17-32-23)16-30-12-13-35-3/h6-11,14,17,19-20,28,30H,4-5,12-13,15-16H2,1-3H3,(H,33,34). The summed E-state index contributed by atoms with van der Waals surface area (Å²) in [5.74, 6) is 2.44. The Labute approximate surface area is 222 Å². The number of rotatable bonds is 11. The maximum atomic E-state index is 12.2. The van der Waals surface area contributed by atoms with Crippen LogP contribution in [-0.2, 0) is 16.1 Å². The number of carbonyl (C=O) groups is 1. The number of methoxy groups -OCH3 is 1. The summed E-state index contributed by atoms with van der Waals surface area (Å²) in [5, 5.41) is 6.54. The van der Waals surface area contributed by atoms with Gasteiger partial charge in [-0.25, -0.2) is 0 Å². The molecule has 3 aromatic rings. The van der Waals surface area contributed by atoms with Crippen molar-refractivity contribution >= 4 is 23.4 Å². The smallest absolute Gasteiger partial charge is 0.224 e. The van der Waals surface area contributed by atoms with Gasteiger partial charge >= 0.3 is 0 Å². The minimum atomic E-state index is 0.0861. The molecule has 2 aliphatic rings. The van der Waals surface area contributed by atoms with Gasteiger partial charge in [-0.2, -0.15) is 0 Å². The van der Waals surface area contributed by atoms with E-state index >= 15 is 0 Å². The van der Waals surface area contributed by atoms with Crippen LogP contribution in [0.15, 0.2) is 53.7 Å². The lowest BCUT2D eigenvalue weighted by atomic mass is 10.00. The van der Waals surface area contributed by atoms with Crippen LogP contribution in [0.5, 0.6) is 11.5 Å². The van der Waals surface area contributed by atoms with Crippen LogP contribution in [0.2, 0.25) is 0 Å². The van der Waals surface area contributed by atoms with E-state index in [4.69, 9.17) is 19.4 Å². The number of pyridine rings is 2. The number of anilines is 1. The fraction of sp³-hybridized carbons (Fsp3) is 0.414. The molecule has 1 aliphatic heterocycles. The van der Waals surface area contributed by atoms with E-state index < -0.39 is 0 Å². The van der Waals surface area contributed by atoms with Crippen LogP contribution < -0.4 is 15.4 Å². The van der Waals surface area contributed by atoms with Gasteiger partial charge in [-0.15, -0.1) is 11.8 Å². The molecule has 0 bridgehead atoms. The van der Waals surface area contributed by atoms with Crippen LogP contribution in [-0.4, -0.2) is 36.1 Å². The molecule has 0 radical (unpaired) electrons. The van der Waals surface area contributed by atoms with E-state index in [-0.39, 0.29) is 17.1 Å². The number of benzene rings is 1. The second-order valence-electron chi connectivity index (χ2n) is 9.89. The van der Waals surface area contributed by atoms with Gasteiger partial charge in [-0.1, -0.05) is 13.0 Å². The lowest BCUT2D eigenvalue weighted by molar-refractivity contribution is -0.116. The fourth-order valence-corrected chi connectivity index (χ4v) is 5.96. The van der Waals surface area contributed by atoms with Gasteiger partial charge < -0.3 is 20.1 Å². The number of amides is 1. The summed E-state index contributed by atoms with van der Waals surface area (Å²) in [4.78, 5) is 22.7. The third kappa shape index (κ3) is 6.32. The normalized spacial score (nSPS) is 18.5. The Morgan fingerprint density at radius 1 is 1.14 bits per heavy atom. The van der Waals surface area contributed by atoms with E-state index in [1.807, 2.05) is 43.6 Å². The summed E-state index contributed by atoms with van der Waals surface area (Å²) >= 11 is 1.76. The number of nitrogens with one attached hydrogen (secondary N) is 2. The zero-order valence-corrected chi connectivity index (χ0v) is 22.4. The molecule has 1 amide bonds. The molecule has 7 nitrogen and oxygen atoms in total. The number of aryl methyl sites for hydroxylation is 1. The first-order valence-corrected chi connectivity index (χ1v) is 13.8. The molecule has 0 saturated heterocycles. The summed E-state index contributed by atoms with van der Waals surface area (Å²) in [7, 11) is 1.71. The molecule has 194 valence electrons. The summed E-state index contributed by atoms with van der Waals surface area (Å²) in [6.45, 7) is 6.48. The van der Waals surface area contributed by atoms with E-state index in [1.54, 1.807) is 18.9 Å². The second-order valence-corrected chi connectivity index (χ2v) is 11.0. The Morgan fingerprint density at radius 2 is 2.00 bits per heavy atom. The van der Waals surface area contributed by atoms with Crippen LogP contribution >= 0.6 is 11.8 Å². The van der Waals surface area contributed by atoms with Crippen LogP contribution in [0.1, 0.15) is 59.9 Å². The van der Waals surface area contributed by atoms with Crippen molar-refractivity contribution in [3.8, 4) is 11.5 Å². The van der Waals surface area contributed by atoms with E-state index in [0.717, 1.165) is 57.7 Å².